The zero-order valence-electron chi connectivity index (χ0n) is 14.3. The molecule has 5 atom stereocenters. The number of rotatable bonds is 6. The molecule has 114 valence electrons. The van der Waals surface area contributed by atoms with Crippen LogP contribution < -0.4 is 0 Å². The number of thioether (sulfide) groups is 1. The summed E-state index contributed by atoms with van der Waals surface area (Å²) in [6.45, 7) is 14.9. The molecule has 0 spiro atoms. The summed E-state index contributed by atoms with van der Waals surface area (Å²) in [5.41, 5.74) is 0.557. The molecule has 0 bridgehead atoms. The van der Waals surface area contributed by atoms with Crippen molar-refractivity contribution in [3.63, 3.8) is 0 Å². The van der Waals surface area contributed by atoms with E-state index in [-0.39, 0.29) is 0 Å². The van der Waals surface area contributed by atoms with E-state index in [2.05, 4.69) is 47.8 Å². The SMILES string of the molecule is CSC(C)CC(C)CC(C)C1C(C)CCCC1(C)C. The van der Waals surface area contributed by atoms with Crippen LogP contribution in [0.5, 0.6) is 0 Å². The van der Waals surface area contributed by atoms with E-state index in [1.54, 1.807) is 0 Å². The highest BCUT2D eigenvalue weighted by atomic mass is 32.2. The highest BCUT2D eigenvalue weighted by Crippen LogP contribution is 2.49. The van der Waals surface area contributed by atoms with E-state index in [0.717, 1.165) is 28.9 Å². The molecule has 1 rings (SSSR count). The van der Waals surface area contributed by atoms with Crippen molar-refractivity contribution in [1.29, 1.82) is 0 Å². The van der Waals surface area contributed by atoms with E-state index >= 15 is 0 Å². The van der Waals surface area contributed by atoms with Gasteiger partial charge in [-0.3, -0.25) is 0 Å². The summed E-state index contributed by atoms with van der Waals surface area (Å²) in [7, 11) is 0. The van der Waals surface area contributed by atoms with E-state index in [1.165, 1.54) is 32.1 Å². The first kappa shape index (κ1) is 17.4. The quantitative estimate of drug-likeness (QED) is 0.555. The van der Waals surface area contributed by atoms with Crippen molar-refractivity contribution in [3.8, 4) is 0 Å². The molecular weight excluding hydrogens is 248 g/mol. The van der Waals surface area contributed by atoms with Crippen LogP contribution in [0, 0.1) is 29.1 Å². The molecule has 1 aliphatic carbocycles. The van der Waals surface area contributed by atoms with Crippen LogP contribution in [0.4, 0.5) is 0 Å². The third kappa shape index (κ3) is 4.99. The highest BCUT2D eigenvalue weighted by molar-refractivity contribution is 7.99. The summed E-state index contributed by atoms with van der Waals surface area (Å²) in [4.78, 5) is 0. The predicted octanol–water partition coefficient (Wildman–Crippen LogP) is 6.25. The Bertz CT molecular complexity index is 258. The molecular formula is C18H36S. The first-order valence-corrected chi connectivity index (χ1v) is 9.59. The van der Waals surface area contributed by atoms with Gasteiger partial charge in [-0.2, -0.15) is 11.8 Å². The molecule has 0 amide bonds. The van der Waals surface area contributed by atoms with Gasteiger partial charge in [-0.1, -0.05) is 54.4 Å². The van der Waals surface area contributed by atoms with Crippen molar-refractivity contribution in [2.45, 2.75) is 78.9 Å². The van der Waals surface area contributed by atoms with Crippen LogP contribution in [-0.2, 0) is 0 Å². The monoisotopic (exact) mass is 284 g/mol. The van der Waals surface area contributed by atoms with Gasteiger partial charge in [0.05, 0.1) is 0 Å². The van der Waals surface area contributed by atoms with Gasteiger partial charge in [0, 0.05) is 5.25 Å². The minimum absolute atomic E-state index is 0.557. The van der Waals surface area contributed by atoms with Crippen LogP contribution in [0.1, 0.15) is 73.6 Å². The summed E-state index contributed by atoms with van der Waals surface area (Å²) in [6.07, 6.45) is 9.37. The van der Waals surface area contributed by atoms with Gasteiger partial charge in [-0.15, -0.1) is 0 Å². The molecule has 0 aromatic rings. The molecule has 1 heteroatoms. The second-order valence-corrected chi connectivity index (χ2v) is 9.26. The summed E-state index contributed by atoms with van der Waals surface area (Å²) < 4.78 is 0. The molecule has 0 radical (unpaired) electrons. The molecule has 1 saturated carbocycles. The maximum Gasteiger partial charge on any atom is 0.00184 e. The van der Waals surface area contributed by atoms with Gasteiger partial charge in [0.25, 0.3) is 0 Å². The fourth-order valence-electron chi connectivity index (χ4n) is 4.87. The number of hydrogen-bond acceptors (Lipinski definition) is 1. The normalized spacial score (nSPS) is 31.7. The van der Waals surface area contributed by atoms with Crippen LogP contribution in [-0.4, -0.2) is 11.5 Å². The first-order valence-electron chi connectivity index (χ1n) is 8.30. The summed E-state index contributed by atoms with van der Waals surface area (Å²) in [5.74, 6) is 3.61. The zero-order chi connectivity index (χ0) is 14.6. The van der Waals surface area contributed by atoms with Gasteiger partial charge in [-0.25, -0.2) is 0 Å². The minimum atomic E-state index is 0.557. The molecule has 0 nitrogen and oxygen atoms in total. The van der Waals surface area contributed by atoms with Gasteiger partial charge in [0.1, 0.15) is 0 Å². The summed E-state index contributed by atoms with van der Waals surface area (Å²) in [5, 5.41) is 0.819. The Kier molecular flexibility index (Phi) is 6.76. The second-order valence-electron chi connectivity index (χ2n) is 7.98. The average Bonchev–Trinajstić information content (AvgIpc) is 2.26. The largest absolute Gasteiger partial charge is 0.162 e. The van der Waals surface area contributed by atoms with Crippen molar-refractivity contribution in [1.82, 2.24) is 0 Å². The molecule has 0 saturated heterocycles. The molecule has 0 heterocycles. The van der Waals surface area contributed by atoms with Crippen molar-refractivity contribution < 1.29 is 0 Å². The van der Waals surface area contributed by atoms with Crippen LogP contribution in [0.3, 0.4) is 0 Å². The van der Waals surface area contributed by atoms with Crippen LogP contribution in [0.15, 0.2) is 0 Å². The molecule has 1 aliphatic rings. The van der Waals surface area contributed by atoms with E-state index in [0.29, 0.717) is 5.41 Å². The smallest absolute Gasteiger partial charge is 0.00184 e. The first-order chi connectivity index (χ1) is 8.77. The van der Waals surface area contributed by atoms with E-state index < -0.39 is 0 Å². The molecule has 0 N–H and O–H groups in total. The van der Waals surface area contributed by atoms with Crippen molar-refractivity contribution in [2.24, 2.45) is 29.1 Å². The molecule has 0 aliphatic heterocycles. The maximum atomic E-state index is 2.52. The van der Waals surface area contributed by atoms with Crippen molar-refractivity contribution in [3.05, 3.63) is 0 Å². The Labute approximate surface area is 126 Å². The Balaban J connectivity index is 2.57. The maximum absolute atomic E-state index is 2.52. The fourth-order valence-corrected chi connectivity index (χ4v) is 5.39. The van der Waals surface area contributed by atoms with E-state index in [4.69, 9.17) is 0 Å². The molecule has 0 aromatic heterocycles. The van der Waals surface area contributed by atoms with Crippen molar-refractivity contribution in [2.75, 3.05) is 6.26 Å². The Morgan fingerprint density at radius 1 is 1.16 bits per heavy atom. The van der Waals surface area contributed by atoms with Gasteiger partial charge in [0.15, 0.2) is 0 Å². The molecule has 19 heavy (non-hydrogen) atoms. The summed E-state index contributed by atoms with van der Waals surface area (Å²) in [6, 6.07) is 0. The molecule has 5 unspecified atom stereocenters. The topological polar surface area (TPSA) is 0 Å². The summed E-state index contributed by atoms with van der Waals surface area (Å²) >= 11 is 2.02. The Morgan fingerprint density at radius 3 is 2.32 bits per heavy atom. The van der Waals surface area contributed by atoms with Crippen molar-refractivity contribution >= 4 is 11.8 Å². The lowest BCUT2D eigenvalue weighted by molar-refractivity contribution is 0.0307. The van der Waals surface area contributed by atoms with Gasteiger partial charge in [0.2, 0.25) is 0 Å². The van der Waals surface area contributed by atoms with E-state index in [1.807, 2.05) is 11.8 Å². The standard InChI is InChI=1S/C18H36S/c1-13(12-16(4)19-7)11-15(3)17-14(2)9-8-10-18(17,5)6/h13-17H,8-12H2,1-7H3. The van der Waals surface area contributed by atoms with Gasteiger partial charge in [-0.05, 0) is 54.6 Å². The van der Waals surface area contributed by atoms with E-state index in [9.17, 15) is 0 Å². The second kappa shape index (κ2) is 7.38. The lowest BCUT2D eigenvalue weighted by Crippen LogP contribution is -2.38. The lowest BCUT2D eigenvalue weighted by atomic mass is 9.59. The van der Waals surface area contributed by atoms with Crippen LogP contribution >= 0.6 is 11.8 Å². The van der Waals surface area contributed by atoms with Crippen LogP contribution in [0.2, 0.25) is 0 Å². The van der Waals surface area contributed by atoms with Gasteiger partial charge >= 0.3 is 0 Å². The zero-order valence-corrected chi connectivity index (χ0v) is 15.1. The van der Waals surface area contributed by atoms with Crippen LogP contribution in [0.25, 0.3) is 0 Å². The minimum Gasteiger partial charge on any atom is -0.162 e. The predicted molar refractivity (Wildman–Crippen MR) is 90.8 cm³/mol. The number of hydrogen-bond donors (Lipinski definition) is 0. The molecule has 1 fully saturated rings. The third-order valence-electron chi connectivity index (χ3n) is 5.52. The van der Waals surface area contributed by atoms with Gasteiger partial charge < -0.3 is 0 Å². The lowest BCUT2D eigenvalue weighted by Gasteiger charge is -2.47. The third-order valence-corrected chi connectivity index (χ3v) is 6.52. The highest BCUT2D eigenvalue weighted by Gasteiger charge is 2.40. The Hall–Kier alpha value is 0.350. The Morgan fingerprint density at radius 2 is 1.79 bits per heavy atom. The molecule has 0 aromatic carbocycles. The average molecular weight is 285 g/mol. The fraction of sp³-hybridized carbons (Fsp3) is 1.00.